The molecule has 92 valence electrons. The molecule has 1 saturated heterocycles. The largest absolute Gasteiger partial charge is 0.308 e. The van der Waals surface area contributed by atoms with Gasteiger partial charge in [0.25, 0.3) is 0 Å². The summed E-state index contributed by atoms with van der Waals surface area (Å²) in [5.74, 6) is 1.75. The first-order valence-corrected chi connectivity index (χ1v) is 7.11. The molecule has 2 atom stereocenters. The number of rotatable bonds is 3. The van der Waals surface area contributed by atoms with E-state index >= 15 is 0 Å². The lowest BCUT2D eigenvalue weighted by molar-refractivity contribution is 0.0459. The Morgan fingerprint density at radius 3 is 2.38 bits per heavy atom. The second-order valence-electron chi connectivity index (χ2n) is 6.79. The van der Waals surface area contributed by atoms with Crippen molar-refractivity contribution in [2.75, 3.05) is 13.1 Å². The van der Waals surface area contributed by atoms with E-state index in [2.05, 4.69) is 31.0 Å². The van der Waals surface area contributed by atoms with Crippen molar-refractivity contribution in [3.05, 3.63) is 0 Å². The van der Waals surface area contributed by atoms with E-state index in [0.29, 0.717) is 5.54 Å². The average Bonchev–Trinajstić information content (AvgIpc) is 3.08. The van der Waals surface area contributed by atoms with Gasteiger partial charge in [-0.2, -0.15) is 0 Å². The number of hydrogen-bond donors (Lipinski definition) is 1. The Morgan fingerprint density at radius 2 is 1.88 bits per heavy atom. The highest BCUT2D eigenvalue weighted by Crippen LogP contribution is 2.43. The third kappa shape index (κ3) is 1.91. The van der Waals surface area contributed by atoms with Crippen LogP contribution in [0.15, 0.2) is 0 Å². The number of piperazine rings is 1. The molecule has 2 saturated carbocycles. The molecule has 1 aliphatic heterocycles. The molecule has 0 radical (unpaired) electrons. The lowest BCUT2D eigenvalue weighted by Gasteiger charge is -2.48. The predicted octanol–water partition coefficient (Wildman–Crippen LogP) is 2.25. The molecule has 0 aromatic carbocycles. The molecule has 3 fully saturated rings. The molecule has 0 amide bonds. The Kier molecular flexibility index (Phi) is 2.56. The fourth-order valence-electron chi connectivity index (χ4n) is 3.43. The molecule has 16 heavy (non-hydrogen) atoms. The number of hydrogen-bond acceptors (Lipinski definition) is 2. The number of nitrogens with one attached hydrogen (secondary N) is 1. The average molecular weight is 222 g/mol. The normalized spacial score (nSPS) is 41.6. The van der Waals surface area contributed by atoms with Crippen LogP contribution in [0, 0.1) is 11.8 Å². The van der Waals surface area contributed by atoms with E-state index in [1.54, 1.807) is 0 Å². The summed E-state index contributed by atoms with van der Waals surface area (Å²) in [7, 11) is 0. The highest BCUT2D eigenvalue weighted by Gasteiger charge is 2.49. The third-order valence-corrected chi connectivity index (χ3v) is 4.92. The Hall–Kier alpha value is -0.0800. The van der Waals surface area contributed by atoms with E-state index in [9.17, 15) is 0 Å². The van der Waals surface area contributed by atoms with Gasteiger partial charge in [-0.15, -0.1) is 0 Å². The Morgan fingerprint density at radius 1 is 1.19 bits per heavy atom. The summed E-state index contributed by atoms with van der Waals surface area (Å²) >= 11 is 0. The molecule has 2 aliphatic carbocycles. The van der Waals surface area contributed by atoms with Crippen molar-refractivity contribution in [3.8, 4) is 0 Å². The molecule has 1 heterocycles. The van der Waals surface area contributed by atoms with Gasteiger partial charge in [0.05, 0.1) is 0 Å². The minimum atomic E-state index is 0.425. The van der Waals surface area contributed by atoms with Crippen LogP contribution >= 0.6 is 0 Å². The van der Waals surface area contributed by atoms with Crippen LogP contribution < -0.4 is 5.32 Å². The minimum absolute atomic E-state index is 0.425. The van der Waals surface area contributed by atoms with Gasteiger partial charge < -0.3 is 5.32 Å². The zero-order valence-electron chi connectivity index (χ0n) is 11.0. The van der Waals surface area contributed by atoms with Crippen LogP contribution in [0.25, 0.3) is 0 Å². The van der Waals surface area contributed by atoms with Crippen molar-refractivity contribution < 1.29 is 0 Å². The highest BCUT2D eigenvalue weighted by molar-refractivity contribution is 5.07. The SMILES string of the molecule is CC(C)C1CNC(C)(C2CC2)CN1C1CC1. The van der Waals surface area contributed by atoms with Crippen molar-refractivity contribution in [2.45, 2.75) is 64.1 Å². The summed E-state index contributed by atoms with van der Waals surface area (Å²) in [5, 5.41) is 3.86. The molecule has 2 heteroatoms. The van der Waals surface area contributed by atoms with Crippen molar-refractivity contribution in [1.82, 2.24) is 10.2 Å². The zero-order valence-corrected chi connectivity index (χ0v) is 11.0. The lowest BCUT2D eigenvalue weighted by Crippen LogP contribution is -2.65. The monoisotopic (exact) mass is 222 g/mol. The second kappa shape index (κ2) is 3.71. The fourth-order valence-corrected chi connectivity index (χ4v) is 3.43. The van der Waals surface area contributed by atoms with Gasteiger partial charge in [0.15, 0.2) is 0 Å². The summed E-state index contributed by atoms with van der Waals surface area (Å²) in [5.41, 5.74) is 0.425. The Labute approximate surface area is 99.8 Å². The molecule has 3 aliphatic rings. The molecule has 2 nitrogen and oxygen atoms in total. The second-order valence-corrected chi connectivity index (χ2v) is 6.79. The minimum Gasteiger partial charge on any atom is -0.308 e. The first-order chi connectivity index (χ1) is 7.60. The molecule has 0 aromatic rings. The molecular formula is C14H26N2. The molecule has 1 N–H and O–H groups in total. The quantitative estimate of drug-likeness (QED) is 0.788. The maximum Gasteiger partial charge on any atom is 0.0309 e. The van der Waals surface area contributed by atoms with Gasteiger partial charge in [0.2, 0.25) is 0 Å². The summed E-state index contributed by atoms with van der Waals surface area (Å²) in [4.78, 5) is 2.83. The smallest absolute Gasteiger partial charge is 0.0309 e. The van der Waals surface area contributed by atoms with Crippen LogP contribution in [0.5, 0.6) is 0 Å². The van der Waals surface area contributed by atoms with Gasteiger partial charge in [-0.1, -0.05) is 13.8 Å². The van der Waals surface area contributed by atoms with E-state index in [-0.39, 0.29) is 0 Å². The van der Waals surface area contributed by atoms with E-state index in [4.69, 9.17) is 0 Å². The van der Waals surface area contributed by atoms with Crippen molar-refractivity contribution in [1.29, 1.82) is 0 Å². The summed E-state index contributed by atoms with van der Waals surface area (Å²) < 4.78 is 0. The van der Waals surface area contributed by atoms with Crippen LogP contribution in [0.2, 0.25) is 0 Å². The molecule has 0 aromatic heterocycles. The topological polar surface area (TPSA) is 15.3 Å². The number of nitrogens with zero attached hydrogens (tertiary/aromatic N) is 1. The van der Waals surface area contributed by atoms with Gasteiger partial charge in [0.1, 0.15) is 0 Å². The summed E-state index contributed by atoms with van der Waals surface area (Å²) in [6, 6.07) is 1.70. The van der Waals surface area contributed by atoms with E-state index in [1.165, 1.54) is 38.8 Å². The maximum absolute atomic E-state index is 3.86. The van der Waals surface area contributed by atoms with Gasteiger partial charge in [0, 0.05) is 30.7 Å². The predicted molar refractivity (Wildman–Crippen MR) is 67.5 cm³/mol. The zero-order chi connectivity index (χ0) is 11.3. The summed E-state index contributed by atoms with van der Waals surface area (Å²) in [6.07, 6.45) is 5.80. The Balaban J connectivity index is 1.73. The van der Waals surface area contributed by atoms with E-state index in [0.717, 1.165) is 23.9 Å². The lowest BCUT2D eigenvalue weighted by atomic mass is 9.88. The van der Waals surface area contributed by atoms with Crippen LogP contribution in [0.1, 0.15) is 46.5 Å². The third-order valence-electron chi connectivity index (χ3n) is 4.92. The molecule has 2 unspecified atom stereocenters. The van der Waals surface area contributed by atoms with Crippen molar-refractivity contribution in [2.24, 2.45) is 11.8 Å². The van der Waals surface area contributed by atoms with Gasteiger partial charge in [-0.25, -0.2) is 0 Å². The molecule has 3 rings (SSSR count). The van der Waals surface area contributed by atoms with Gasteiger partial charge >= 0.3 is 0 Å². The standard InChI is InChI=1S/C14H26N2/c1-10(2)13-8-15-14(3,11-4-5-11)9-16(13)12-6-7-12/h10-13,15H,4-9H2,1-3H3. The van der Waals surface area contributed by atoms with Crippen LogP contribution in [0.4, 0.5) is 0 Å². The van der Waals surface area contributed by atoms with Crippen LogP contribution in [-0.2, 0) is 0 Å². The highest BCUT2D eigenvalue weighted by atomic mass is 15.3. The van der Waals surface area contributed by atoms with Crippen molar-refractivity contribution >= 4 is 0 Å². The van der Waals surface area contributed by atoms with Crippen LogP contribution in [-0.4, -0.2) is 35.6 Å². The maximum atomic E-state index is 3.86. The van der Waals surface area contributed by atoms with Gasteiger partial charge in [-0.3, -0.25) is 4.90 Å². The fraction of sp³-hybridized carbons (Fsp3) is 1.00. The molecule has 0 bridgehead atoms. The summed E-state index contributed by atoms with van der Waals surface area (Å²) in [6.45, 7) is 9.71. The first kappa shape index (κ1) is 11.0. The van der Waals surface area contributed by atoms with E-state index < -0.39 is 0 Å². The molecular weight excluding hydrogens is 196 g/mol. The first-order valence-electron chi connectivity index (χ1n) is 7.11. The Bertz CT molecular complexity index is 268. The van der Waals surface area contributed by atoms with E-state index in [1.807, 2.05) is 0 Å². The van der Waals surface area contributed by atoms with Gasteiger partial charge in [-0.05, 0) is 44.4 Å². The van der Waals surface area contributed by atoms with Crippen molar-refractivity contribution in [3.63, 3.8) is 0 Å². The molecule has 0 spiro atoms. The van der Waals surface area contributed by atoms with Crippen LogP contribution in [0.3, 0.4) is 0 Å².